The van der Waals surface area contributed by atoms with E-state index in [0.717, 1.165) is 12.0 Å². The molecule has 2 rings (SSSR count). The lowest BCUT2D eigenvalue weighted by molar-refractivity contribution is 0.109. The zero-order valence-electron chi connectivity index (χ0n) is 12.7. The van der Waals surface area contributed by atoms with Crippen molar-refractivity contribution in [2.24, 2.45) is 11.8 Å². The molecule has 0 aromatic rings. The molecule has 2 aliphatic rings. The topological polar surface area (TPSA) is 40.2 Å². The van der Waals surface area contributed by atoms with E-state index in [9.17, 15) is 0 Å². The van der Waals surface area contributed by atoms with Gasteiger partial charge in [-0.1, -0.05) is 19.8 Å². The van der Waals surface area contributed by atoms with Gasteiger partial charge in [-0.2, -0.15) is 0 Å². The fraction of sp³-hybridized carbons (Fsp3) is 1.00. The second-order valence-electron chi connectivity index (χ2n) is 5.83. The smallest absolute Gasteiger partial charge is 0.377 e. The Hall–Kier alpha value is 0.0569. The average molecular weight is 288 g/mol. The third-order valence-corrected chi connectivity index (χ3v) is 7.71. The first kappa shape index (κ1) is 15.4. The summed E-state index contributed by atoms with van der Waals surface area (Å²) in [6, 6.07) is 0.937. The molecule has 1 aliphatic heterocycles. The van der Waals surface area contributed by atoms with Gasteiger partial charge in [-0.05, 0) is 31.1 Å². The van der Waals surface area contributed by atoms with Gasteiger partial charge in [-0.25, -0.2) is 0 Å². The summed E-state index contributed by atoms with van der Waals surface area (Å²) in [7, 11) is 2.68. The van der Waals surface area contributed by atoms with Gasteiger partial charge in [0, 0.05) is 27.4 Å². The van der Waals surface area contributed by atoms with E-state index in [1.54, 1.807) is 21.3 Å². The molecule has 4 atom stereocenters. The van der Waals surface area contributed by atoms with Crippen LogP contribution in [0.3, 0.4) is 0 Å². The predicted octanol–water partition coefficient (Wildman–Crippen LogP) is 2.85. The van der Waals surface area contributed by atoms with Crippen LogP contribution < -0.4 is 0 Å². The van der Waals surface area contributed by atoms with Crippen molar-refractivity contribution in [3.05, 3.63) is 0 Å². The Kier molecular flexibility index (Phi) is 5.43. The Morgan fingerprint density at radius 1 is 1.11 bits per heavy atom. The molecule has 1 saturated carbocycles. The molecule has 0 N–H and O–H groups in total. The van der Waals surface area contributed by atoms with Gasteiger partial charge in [0.1, 0.15) is 0 Å². The van der Waals surface area contributed by atoms with Crippen LogP contribution in [0.25, 0.3) is 0 Å². The minimum Gasteiger partial charge on any atom is -0.377 e. The first-order valence-corrected chi connectivity index (χ1v) is 9.42. The van der Waals surface area contributed by atoms with Crippen LogP contribution in [0.1, 0.15) is 39.0 Å². The molecule has 0 radical (unpaired) electrons. The van der Waals surface area contributed by atoms with Crippen LogP contribution in [0.4, 0.5) is 0 Å². The molecule has 0 aromatic carbocycles. The van der Waals surface area contributed by atoms with Gasteiger partial charge in [0.25, 0.3) is 0 Å². The van der Waals surface area contributed by atoms with Gasteiger partial charge >= 0.3 is 8.80 Å². The first-order valence-electron chi connectivity index (χ1n) is 7.49. The van der Waals surface area contributed by atoms with Crippen molar-refractivity contribution < 1.29 is 18.0 Å². The van der Waals surface area contributed by atoms with Gasteiger partial charge < -0.3 is 18.0 Å². The molecular weight excluding hydrogens is 260 g/mol. The number of rotatable bonds is 8. The van der Waals surface area contributed by atoms with E-state index in [4.69, 9.17) is 18.0 Å². The Labute approximate surface area is 118 Å². The fourth-order valence-electron chi connectivity index (χ4n) is 3.56. The first-order chi connectivity index (χ1) is 9.18. The Morgan fingerprint density at radius 2 is 1.79 bits per heavy atom. The Balaban J connectivity index is 1.97. The van der Waals surface area contributed by atoms with Gasteiger partial charge in [0.15, 0.2) is 0 Å². The second kappa shape index (κ2) is 6.67. The van der Waals surface area contributed by atoms with Crippen molar-refractivity contribution in [2.45, 2.75) is 57.3 Å². The summed E-state index contributed by atoms with van der Waals surface area (Å²) in [5, 5.41) is 0. The maximum absolute atomic E-state index is 5.66. The molecule has 4 unspecified atom stereocenters. The van der Waals surface area contributed by atoms with Gasteiger partial charge in [0.05, 0.1) is 12.2 Å². The van der Waals surface area contributed by atoms with Crippen molar-refractivity contribution in [1.82, 2.24) is 0 Å². The highest BCUT2D eigenvalue weighted by molar-refractivity contribution is 6.60. The minimum atomic E-state index is -2.45. The van der Waals surface area contributed by atoms with Crippen LogP contribution in [0.2, 0.25) is 6.04 Å². The van der Waals surface area contributed by atoms with Crippen LogP contribution >= 0.6 is 0 Å². The average Bonchev–Trinajstić information content (AvgIpc) is 3.22. The largest absolute Gasteiger partial charge is 0.500 e. The Bertz CT molecular complexity index is 274. The molecule has 0 aromatic heterocycles. The fourth-order valence-corrected chi connectivity index (χ4v) is 5.74. The summed E-state index contributed by atoms with van der Waals surface area (Å²) >= 11 is 0. The van der Waals surface area contributed by atoms with E-state index in [1.807, 2.05) is 0 Å². The normalized spacial score (nSPS) is 31.9. The molecular formula is C14H28O4Si. The van der Waals surface area contributed by atoms with Gasteiger partial charge in [-0.3, -0.25) is 0 Å². The van der Waals surface area contributed by atoms with Crippen molar-refractivity contribution in [1.29, 1.82) is 0 Å². The molecule has 0 spiro atoms. The minimum absolute atomic E-state index is 0.543. The third-order valence-electron chi connectivity index (χ3n) is 4.82. The van der Waals surface area contributed by atoms with E-state index < -0.39 is 8.80 Å². The van der Waals surface area contributed by atoms with Crippen molar-refractivity contribution >= 4 is 8.80 Å². The molecule has 4 nitrogen and oxygen atoms in total. The van der Waals surface area contributed by atoms with Crippen LogP contribution in [0.15, 0.2) is 0 Å². The van der Waals surface area contributed by atoms with Crippen molar-refractivity contribution in [3.63, 3.8) is 0 Å². The molecule has 19 heavy (non-hydrogen) atoms. The van der Waals surface area contributed by atoms with E-state index in [2.05, 4.69) is 6.92 Å². The van der Waals surface area contributed by atoms with Crippen LogP contribution in [0.5, 0.6) is 0 Å². The summed E-state index contributed by atoms with van der Waals surface area (Å²) in [5.74, 6) is 1.39. The Morgan fingerprint density at radius 3 is 2.32 bits per heavy atom. The van der Waals surface area contributed by atoms with Gasteiger partial charge in [0.2, 0.25) is 0 Å². The monoisotopic (exact) mass is 288 g/mol. The second-order valence-corrected chi connectivity index (χ2v) is 8.83. The summed E-state index contributed by atoms with van der Waals surface area (Å²) < 4.78 is 22.5. The zero-order valence-corrected chi connectivity index (χ0v) is 13.7. The number of hydrogen-bond donors (Lipinski definition) is 0. The van der Waals surface area contributed by atoms with Gasteiger partial charge in [-0.15, -0.1) is 0 Å². The third kappa shape index (κ3) is 3.58. The molecule has 5 heteroatoms. The summed E-state index contributed by atoms with van der Waals surface area (Å²) in [6.07, 6.45) is 7.29. The molecule has 112 valence electrons. The van der Waals surface area contributed by atoms with Crippen molar-refractivity contribution in [3.8, 4) is 0 Å². The summed E-state index contributed by atoms with van der Waals surface area (Å²) in [5.41, 5.74) is 0. The number of fused-ring (bicyclic) bond motifs is 1. The van der Waals surface area contributed by atoms with E-state index in [0.29, 0.717) is 18.1 Å². The highest BCUT2D eigenvalue weighted by atomic mass is 28.4. The molecule has 1 heterocycles. The van der Waals surface area contributed by atoms with Crippen LogP contribution in [0, 0.1) is 11.8 Å². The predicted molar refractivity (Wildman–Crippen MR) is 76.0 cm³/mol. The van der Waals surface area contributed by atoms with Crippen molar-refractivity contribution in [2.75, 3.05) is 21.3 Å². The lowest BCUT2D eigenvalue weighted by Gasteiger charge is -2.34. The maximum Gasteiger partial charge on any atom is 0.500 e. The number of hydrogen-bond acceptors (Lipinski definition) is 4. The lowest BCUT2D eigenvalue weighted by atomic mass is 9.79. The SMILES string of the molecule is CCCC(C[Si](OC)(OC)OC)C1CCC2OC2C1. The van der Waals surface area contributed by atoms with E-state index in [-0.39, 0.29) is 0 Å². The molecule has 0 bridgehead atoms. The van der Waals surface area contributed by atoms with E-state index in [1.165, 1.54) is 32.1 Å². The zero-order chi connectivity index (χ0) is 13.9. The molecule has 2 fully saturated rings. The quantitative estimate of drug-likeness (QED) is 0.509. The van der Waals surface area contributed by atoms with Crippen LogP contribution in [-0.4, -0.2) is 42.3 Å². The molecule has 1 aliphatic carbocycles. The van der Waals surface area contributed by atoms with Crippen LogP contribution in [-0.2, 0) is 18.0 Å². The highest BCUT2D eigenvalue weighted by Crippen LogP contribution is 2.45. The van der Waals surface area contributed by atoms with E-state index >= 15 is 0 Å². The molecule has 0 amide bonds. The molecule has 1 saturated heterocycles. The summed E-state index contributed by atoms with van der Waals surface area (Å²) in [4.78, 5) is 0. The number of ether oxygens (including phenoxy) is 1. The standard InChI is InChI=1S/C14H28O4Si/c1-5-6-12(10-19(15-2,16-3)17-4)11-7-8-13-14(9-11)18-13/h11-14H,5-10H2,1-4H3. The number of epoxide rings is 1. The lowest BCUT2D eigenvalue weighted by Crippen LogP contribution is -2.45. The highest BCUT2D eigenvalue weighted by Gasteiger charge is 2.48. The summed E-state index contributed by atoms with van der Waals surface area (Å²) in [6.45, 7) is 2.25. The maximum atomic E-state index is 5.66.